The summed E-state index contributed by atoms with van der Waals surface area (Å²) >= 11 is 0. The van der Waals surface area contributed by atoms with Crippen molar-refractivity contribution < 1.29 is 24.0 Å². The standard InChI is InChI=1S/C11H16N2O5/c1-11(2,3)17-10(16)12-8-6-7(13-18-8)4-5-9(14)15/h6H,4-5H2,1-3H3,(H,12,16)(H,14,15). The molecule has 0 aliphatic heterocycles. The zero-order valence-electron chi connectivity index (χ0n) is 10.5. The van der Waals surface area contributed by atoms with Gasteiger partial charge in [-0.1, -0.05) is 5.16 Å². The second-order valence-electron chi connectivity index (χ2n) is 4.70. The normalized spacial score (nSPS) is 11.1. The number of carboxylic acid groups (broad SMARTS) is 1. The minimum Gasteiger partial charge on any atom is -0.481 e. The van der Waals surface area contributed by atoms with Crippen LogP contribution in [0.2, 0.25) is 0 Å². The lowest BCUT2D eigenvalue weighted by Crippen LogP contribution is -2.27. The quantitative estimate of drug-likeness (QED) is 0.854. The predicted octanol–water partition coefficient (Wildman–Crippen LogP) is 2.04. The van der Waals surface area contributed by atoms with E-state index in [9.17, 15) is 9.59 Å². The van der Waals surface area contributed by atoms with E-state index in [-0.39, 0.29) is 18.7 Å². The van der Waals surface area contributed by atoms with Crippen LogP contribution in [0.4, 0.5) is 10.7 Å². The molecule has 7 heteroatoms. The number of anilines is 1. The van der Waals surface area contributed by atoms with Crippen LogP contribution in [0.1, 0.15) is 32.9 Å². The molecule has 0 fully saturated rings. The number of aromatic nitrogens is 1. The van der Waals surface area contributed by atoms with E-state index in [1.54, 1.807) is 20.8 Å². The Morgan fingerprint density at radius 2 is 2.17 bits per heavy atom. The largest absolute Gasteiger partial charge is 0.481 e. The van der Waals surface area contributed by atoms with E-state index < -0.39 is 17.7 Å². The van der Waals surface area contributed by atoms with E-state index in [2.05, 4.69) is 10.5 Å². The van der Waals surface area contributed by atoms with Gasteiger partial charge in [-0.05, 0) is 20.8 Å². The van der Waals surface area contributed by atoms with Gasteiger partial charge in [0, 0.05) is 12.5 Å². The average molecular weight is 256 g/mol. The smallest absolute Gasteiger partial charge is 0.414 e. The van der Waals surface area contributed by atoms with Gasteiger partial charge in [-0.3, -0.25) is 10.1 Å². The molecule has 1 aromatic rings. The van der Waals surface area contributed by atoms with E-state index in [1.165, 1.54) is 6.07 Å². The monoisotopic (exact) mass is 256 g/mol. The van der Waals surface area contributed by atoms with Crippen LogP contribution in [0.3, 0.4) is 0 Å². The van der Waals surface area contributed by atoms with E-state index >= 15 is 0 Å². The number of aryl methyl sites for hydroxylation is 1. The highest BCUT2D eigenvalue weighted by molar-refractivity contribution is 5.83. The van der Waals surface area contributed by atoms with Crippen LogP contribution >= 0.6 is 0 Å². The fourth-order valence-corrected chi connectivity index (χ4v) is 1.13. The van der Waals surface area contributed by atoms with Gasteiger partial charge in [0.25, 0.3) is 0 Å². The minimum atomic E-state index is -0.917. The molecule has 0 saturated heterocycles. The summed E-state index contributed by atoms with van der Waals surface area (Å²) < 4.78 is 9.84. The average Bonchev–Trinajstić information content (AvgIpc) is 2.59. The first-order valence-electron chi connectivity index (χ1n) is 5.43. The molecule has 1 aromatic heterocycles. The third-order valence-corrected chi connectivity index (χ3v) is 1.78. The van der Waals surface area contributed by atoms with Crippen molar-refractivity contribution in [2.75, 3.05) is 5.32 Å². The van der Waals surface area contributed by atoms with Crippen LogP contribution in [-0.2, 0) is 16.0 Å². The fraction of sp³-hybridized carbons (Fsp3) is 0.545. The van der Waals surface area contributed by atoms with Gasteiger partial charge in [-0.25, -0.2) is 4.79 Å². The van der Waals surface area contributed by atoms with Crippen molar-refractivity contribution in [2.45, 2.75) is 39.2 Å². The Hall–Kier alpha value is -2.05. The lowest BCUT2D eigenvalue weighted by Gasteiger charge is -2.18. The Morgan fingerprint density at radius 3 is 2.72 bits per heavy atom. The Labute approximate surface area is 104 Å². The third-order valence-electron chi connectivity index (χ3n) is 1.78. The van der Waals surface area contributed by atoms with E-state index in [0.717, 1.165) is 0 Å². The second kappa shape index (κ2) is 5.52. The molecule has 18 heavy (non-hydrogen) atoms. The zero-order chi connectivity index (χ0) is 13.8. The fourth-order valence-electron chi connectivity index (χ4n) is 1.13. The summed E-state index contributed by atoms with van der Waals surface area (Å²) in [7, 11) is 0. The molecule has 1 rings (SSSR count). The first-order valence-corrected chi connectivity index (χ1v) is 5.43. The van der Waals surface area contributed by atoms with E-state index in [1.807, 2.05) is 0 Å². The van der Waals surface area contributed by atoms with Gasteiger partial charge >= 0.3 is 12.1 Å². The number of aliphatic carboxylic acids is 1. The highest BCUT2D eigenvalue weighted by Gasteiger charge is 2.17. The van der Waals surface area contributed by atoms with Gasteiger partial charge < -0.3 is 14.4 Å². The molecule has 0 bridgehead atoms. The van der Waals surface area contributed by atoms with Crippen molar-refractivity contribution >= 4 is 17.9 Å². The highest BCUT2D eigenvalue weighted by atomic mass is 16.6. The van der Waals surface area contributed by atoms with Gasteiger partial charge in [-0.15, -0.1) is 0 Å². The molecule has 1 amide bonds. The Balaban J connectivity index is 2.48. The first-order chi connectivity index (χ1) is 8.26. The summed E-state index contributed by atoms with van der Waals surface area (Å²) in [6.45, 7) is 5.22. The van der Waals surface area contributed by atoms with Crippen molar-refractivity contribution in [1.29, 1.82) is 0 Å². The number of carboxylic acids is 1. The Bertz CT molecular complexity index is 433. The van der Waals surface area contributed by atoms with Crippen molar-refractivity contribution in [3.63, 3.8) is 0 Å². The summed E-state index contributed by atoms with van der Waals surface area (Å²) in [6.07, 6.45) is -0.448. The molecule has 0 atom stereocenters. The number of nitrogens with zero attached hydrogens (tertiary/aromatic N) is 1. The van der Waals surface area contributed by atoms with Crippen LogP contribution < -0.4 is 5.32 Å². The van der Waals surface area contributed by atoms with Crippen molar-refractivity contribution in [3.8, 4) is 0 Å². The molecular weight excluding hydrogens is 240 g/mol. The highest BCUT2D eigenvalue weighted by Crippen LogP contribution is 2.13. The van der Waals surface area contributed by atoms with E-state index in [4.69, 9.17) is 14.4 Å². The molecule has 1 heterocycles. The van der Waals surface area contributed by atoms with Crippen molar-refractivity contribution in [1.82, 2.24) is 5.16 Å². The number of rotatable bonds is 4. The van der Waals surface area contributed by atoms with Gasteiger partial charge in [0.15, 0.2) is 0 Å². The number of carbonyl (C=O) groups excluding carboxylic acids is 1. The maximum Gasteiger partial charge on any atom is 0.414 e. The van der Waals surface area contributed by atoms with Gasteiger partial charge in [0.2, 0.25) is 5.88 Å². The summed E-state index contributed by atoms with van der Waals surface area (Å²) in [6, 6.07) is 1.47. The number of amides is 1. The number of carbonyl (C=O) groups is 2. The second-order valence-corrected chi connectivity index (χ2v) is 4.70. The SMILES string of the molecule is CC(C)(C)OC(=O)Nc1cc(CCC(=O)O)no1. The van der Waals surface area contributed by atoms with Crippen LogP contribution in [-0.4, -0.2) is 27.9 Å². The lowest BCUT2D eigenvalue weighted by molar-refractivity contribution is -0.136. The molecule has 0 unspecified atom stereocenters. The molecule has 0 aliphatic carbocycles. The molecule has 2 N–H and O–H groups in total. The van der Waals surface area contributed by atoms with E-state index in [0.29, 0.717) is 5.69 Å². The van der Waals surface area contributed by atoms with Crippen molar-refractivity contribution in [3.05, 3.63) is 11.8 Å². The Morgan fingerprint density at radius 1 is 1.50 bits per heavy atom. The summed E-state index contributed by atoms with van der Waals surface area (Å²) in [4.78, 5) is 21.8. The maximum atomic E-state index is 11.4. The molecule has 0 radical (unpaired) electrons. The number of nitrogens with one attached hydrogen (secondary N) is 1. The summed E-state index contributed by atoms with van der Waals surface area (Å²) in [5.74, 6) is -0.788. The zero-order valence-corrected chi connectivity index (χ0v) is 10.5. The maximum absolute atomic E-state index is 11.4. The van der Waals surface area contributed by atoms with Crippen LogP contribution in [0.15, 0.2) is 10.6 Å². The molecule has 0 aliphatic rings. The molecule has 0 spiro atoms. The van der Waals surface area contributed by atoms with Gasteiger partial charge in [-0.2, -0.15) is 0 Å². The molecule has 0 aromatic carbocycles. The lowest BCUT2D eigenvalue weighted by atomic mass is 10.2. The van der Waals surface area contributed by atoms with Crippen LogP contribution in [0, 0.1) is 0 Å². The van der Waals surface area contributed by atoms with Gasteiger partial charge in [0.1, 0.15) is 5.60 Å². The minimum absolute atomic E-state index is 0.0432. The van der Waals surface area contributed by atoms with Crippen LogP contribution in [0.25, 0.3) is 0 Å². The predicted molar refractivity (Wildman–Crippen MR) is 62.3 cm³/mol. The Kier molecular flexibility index (Phi) is 4.30. The summed E-state index contributed by atoms with van der Waals surface area (Å²) in [5, 5.41) is 14.5. The summed E-state index contributed by atoms with van der Waals surface area (Å²) in [5.41, 5.74) is -0.139. The topological polar surface area (TPSA) is 102 Å². The molecule has 100 valence electrons. The van der Waals surface area contributed by atoms with Gasteiger partial charge in [0.05, 0.1) is 12.1 Å². The third kappa shape index (κ3) is 5.33. The molecule has 7 nitrogen and oxygen atoms in total. The number of hydrogen-bond acceptors (Lipinski definition) is 5. The number of hydrogen-bond donors (Lipinski definition) is 2. The van der Waals surface area contributed by atoms with Crippen molar-refractivity contribution in [2.24, 2.45) is 0 Å². The van der Waals surface area contributed by atoms with Crippen LogP contribution in [0.5, 0.6) is 0 Å². The molecule has 0 saturated carbocycles. The number of ether oxygens (including phenoxy) is 1. The first kappa shape index (κ1) is 14.0. The molecular formula is C11H16N2O5.